The number of aromatic nitrogens is 1. The summed E-state index contributed by atoms with van der Waals surface area (Å²) in [5.74, 6) is 0.670. The van der Waals surface area contributed by atoms with Gasteiger partial charge in [0, 0.05) is 24.2 Å². The number of carbonyl (C=O) groups is 1. The number of hydrogen-bond donors (Lipinski definition) is 3. The summed E-state index contributed by atoms with van der Waals surface area (Å²) in [6, 6.07) is 5.95. The van der Waals surface area contributed by atoms with Gasteiger partial charge in [-0.3, -0.25) is 4.79 Å². The van der Waals surface area contributed by atoms with Crippen LogP contribution in [0.5, 0.6) is 0 Å². The number of benzene rings is 1. The Kier molecular flexibility index (Phi) is 3.49. The monoisotopic (exact) mass is 271 g/mol. The van der Waals surface area contributed by atoms with Crippen LogP contribution in [0.3, 0.4) is 0 Å². The molecule has 1 atom stereocenters. The minimum Gasteiger partial charge on any atom is -0.358 e. The molecule has 0 fully saturated rings. The maximum Gasteiger partial charge on any atom is 0.253 e. The number of rotatable bonds is 3. The van der Waals surface area contributed by atoms with Gasteiger partial charge in [0.15, 0.2) is 0 Å². The fourth-order valence-corrected chi connectivity index (χ4v) is 3.09. The van der Waals surface area contributed by atoms with Crippen LogP contribution < -0.4 is 11.1 Å². The first-order valence-corrected chi connectivity index (χ1v) is 7.31. The Morgan fingerprint density at radius 1 is 1.50 bits per heavy atom. The van der Waals surface area contributed by atoms with Crippen LogP contribution in [0.15, 0.2) is 18.2 Å². The van der Waals surface area contributed by atoms with Gasteiger partial charge in [-0.2, -0.15) is 0 Å². The molecule has 4 heteroatoms. The molecule has 1 aliphatic carbocycles. The molecule has 1 unspecified atom stereocenters. The summed E-state index contributed by atoms with van der Waals surface area (Å²) in [5, 5.41) is 4.05. The second-order valence-electron chi connectivity index (χ2n) is 5.70. The zero-order valence-corrected chi connectivity index (χ0v) is 11.8. The summed E-state index contributed by atoms with van der Waals surface area (Å²) in [7, 11) is 0. The Balaban J connectivity index is 2.05. The van der Waals surface area contributed by atoms with E-state index < -0.39 is 0 Å². The number of para-hydroxylation sites is 1. The highest BCUT2D eigenvalue weighted by molar-refractivity contribution is 6.06. The molecule has 1 aliphatic rings. The molecular formula is C16H21N3O. The normalized spacial score (nSPS) is 18.0. The van der Waals surface area contributed by atoms with Crippen LogP contribution in [0.2, 0.25) is 0 Å². The first-order valence-electron chi connectivity index (χ1n) is 7.31. The van der Waals surface area contributed by atoms with Crippen molar-refractivity contribution >= 4 is 16.8 Å². The molecule has 1 heterocycles. The Hall–Kier alpha value is -1.81. The summed E-state index contributed by atoms with van der Waals surface area (Å²) in [4.78, 5) is 15.7. The number of carbonyl (C=O) groups excluding carboxylic acids is 1. The summed E-state index contributed by atoms with van der Waals surface area (Å²) >= 11 is 0. The van der Waals surface area contributed by atoms with Crippen molar-refractivity contribution in [3.8, 4) is 0 Å². The van der Waals surface area contributed by atoms with Crippen molar-refractivity contribution < 1.29 is 4.79 Å². The lowest BCUT2D eigenvalue weighted by molar-refractivity contribution is 0.0956. The fourth-order valence-electron chi connectivity index (χ4n) is 3.09. The van der Waals surface area contributed by atoms with Crippen LogP contribution in [-0.4, -0.2) is 24.0 Å². The molecule has 106 valence electrons. The molecule has 0 aliphatic heterocycles. The molecule has 4 N–H and O–H groups in total. The topological polar surface area (TPSA) is 70.9 Å². The van der Waals surface area contributed by atoms with E-state index in [1.54, 1.807) is 0 Å². The molecule has 4 nitrogen and oxygen atoms in total. The first-order chi connectivity index (χ1) is 9.70. The molecule has 3 rings (SSSR count). The quantitative estimate of drug-likeness (QED) is 0.799. The molecule has 0 radical (unpaired) electrons. The summed E-state index contributed by atoms with van der Waals surface area (Å²) in [5.41, 5.74) is 9.83. The van der Waals surface area contributed by atoms with E-state index in [2.05, 4.69) is 23.3 Å². The van der Waals surface area contributed by atoms with Gasteiger partial charge >= 0.3 is 0 Å². The number of hydrogen-bond acceptors (Lipinski definition) is 2. The predicted molar refractivity (Wildman–Crippen MR) is 80.9 cm³/mol. The lowest BCUT2D eigenvalue weighted by Crippen LogP contribution is -2.29. The van der Waals surface area contributed by atoms with Crippen molar-refractivity contribution in [3.63, 3.8) is 0 Å². The third kappa shape index (κ3) is 2.20. The molecule has 1 aromatic carbocycles. The van der Waals surface area contributed by atoms with E-state index in [1.165, 1.54) is 23.1 Å². The predicted octanol–water partition coefficient (Wildman–Crippen LogP) is 1.98. The van der Waals surface area contributed by atoms with Crippen molar-refractivity contribution in [2.24, 2.45) is 11.7 Å². The van der Waals surface area contributed by atoms with Crippen LogP contribution in [0.25, 0.3) is 10.9 Å². The Bertz CT molecular complexity index is 644. The van der Waals surface area contributed by atoms with Gasteiger partial charge in [-0.25, -0.2) is 0 Å². The Labute approximate surface area is 118 Å². The maximum absolute atomic E-state index is 12.2. The van der Waals surface area contributed by atoms with E-state index in [0.29, 0.717) is 13.1 Å². The van der Waals surface area contributed by atoms with Gasteiger partial charge in [-0.05, 0) is 36.8 Å². The SMILES string of the molecule is CC1CCc2[nH]c3c(C(=O)NCCN)cccc3c2C1. The smallest absolute Gasteiger partial charge is 0.253 e. The van der Waals surface area contributed by atoms with Crippen molar-refractivity contribution in [2.45, 2.75) is 26.2 Å². The van der Waals surface area contributed by atoms with Gasteiger partial charge in [0.1, 0.15) is 0 Å². The number of nitrogens with one attached hydrogen (secondary N) is 2. The number of fused-ring (bicyclic) bond motifs is 3. The number of amides is 1. The molecular weight excluding hydrogens is 250 g/mol. The average Bonchev–Trinajstić information content (AvgIpc) is 2.82. The van der Waals surface area contributed by atoms with Gasteiger partial charge in [0.2, 0.25) is 0 Å². The zero-order chi connectivity index (χ0) is 14.1. The molecule has 0 saturated carbocycles. The first kappa shape index (κ1) is 13.2. The van der Waals surface area contributed by atoms with Crippen LogP contribution >= 0.6 is 0 Å². The zero-order valence-electron chi connectivity index (χ0n) is 11.8. The summed E-state index contributed by atoms with van der Waals surface area (Å²) in [6.07, 6.45) is 3.40. The molecule has 2 aromatic rings. The summed E-state index contributed by atoms with van der Waals surface area (Å²) in [6.45, 7) is 3.26. The Morgan fingerprint density at radius 3 is 3.15 bits per heavy atom. The highest BCUT2D eigenvalue weighted by Gasteiger charge is 2.22. The number of aromatic amines is 1. The van der Waals surface area contributed by atoms with Gasteiger partial charge < -0.3 is 16.0 Å². The molecule has 0 saturated heterocycles. The number of H-pyrrole nitrogens is 1. The molecule has 1 aromatic heterocycles. The van der Waals surface area contributed by atoms with E-state index >= 15 is 0 Å². The third-order valence-corrected chi connectivity index (χ3v) is 4.14. The summed E-state index contributed by atoms with van der Waals surface area (Å²) < 4.78 is 0. The molecule has 0 spiro atoms. The lowest BCUT2D eigenvalue weighted by Gasteiger charge is -2.17. The van der Waals surface area contributed by atoms with Crippen LogP contribution in [0.4, 0.5) is 0 Å². The third-order valence-electron chi connectivity index (χ3n) is 4.14. The van der Waals surface area contributed by atoms with E-state index in [-0.39, 0.29) is 5.91 Å². The van der Waals surface area contributed by atoms with E-state index in [0.717, 1.165) is 29.8 Å². The Morgan fingerprint density at radius 2 is 2.35 bits per heavy atom. The van der Waals surface area contributed by atoms with Crippen LogP contribution in [0.1, 0.15) is 35.0 Å². The van der Waals surface area contributed by atoms with Gasteiger partial charge in [0.05, 0.1) is 11.1 Å². The second-order valence-corrected chi connectivity index (χ2v) is 5.70. The van der Waals surface area contributed by atoms with Gasteiger partial charge in [-0.15, -0.1) is 0 Å². The van der Waals surface area contributed by atoms with Crippen molar-refractivity contribution in [1.82, 2.24) is 10.3 Å². The van der Waals surface area contributed by atoms with E-state index in [1.807, 2.05) is 12.1 Å². The highest BCUT2D eigenvalue weighted by atomic mass is 16.1. The fraction of sp³-hybridized carbons (Fsp3) is 0.438. The minimum absolute atomic E-state index is 0.0484. The second kappa shape index (κ2) is 5.29. The maximum atomic E-state index is 12.2. The number of nitrogens with two attached hydrogens (primary N) is 1. The standard InChI is InChI=1S/C16H21N3O/c1-10-5-6-14-13(9-10)11-3-2-4-12(15(11)19-14)16(20)18-8-7-17/h2-4,10,19H,5-9,17H2,1H3,(H,18,20). The van der Waals surface area contributed by atoms with E-state index in [9.17, 15) is 4.79 Å². The van der Waals surface area contributed by atoms with Crippen molar-refractivity contribution in [3.05, 3.63) is 35.0 Å². The van der Waals surface area contributed by atoms with Gasteiger partial charge in [-0.1, -0.05) is 19.1 Å². The van der Waals surface area contributed by atoms with Gasteiger partial charge in [0.25, 0.3) is 5.91 Å². The number of aryl methyl sites for hydroxylation is 1. The lowest BCUT2D eigenvalue weighted by atomic mass is 9.87. The largest absolute Gasteiger partial charge is 0.358 e. The minimum atomic E-state index is -0.0484. The van der Waals surface area contributed by atoms with Crippen molar-refractivity contribution in [2.75, 3.05) is 13.1 Å². The van der Waals surface area contributed by atoms with Crippen molar-refractivity contribution in [1.29, 1.82) is 0 Å². The molecule has 20 heavy (non-hydrogen) atoms. The van der Waals surface area contributed by atoms with Crippen LogP contribution in [-0.2, 0) is 12.8 Å². The van der Waals surface area contributed by atoms with Crippen LogP contribution in [0, 0.1) is 5.92 Å². The average molecular weight is 271 g/mol. The van der Waals surface area contributed by atoms with E-state index in [4.69, 9.17) is 5.73 Å². The molecule has 0 bridgehead atoms. The highest BCUT2D eigenvalue weighted by Crippen LogP contribution is 2.32. The molecule has 1 amide bonds.